The first-order chi connectivity index (χ1) is 13.3. The molecule has 28 heavy (non-hydrogen) atoms. The molecule has 0 saturated carbocycles. The molecule has 0 radical (unpaired) electrons. The van der Waals surface area contributed by atoms with E-state index in [-0.39, 0.29) is 36.1 Å². The van der Waals surface area contributed by atoms with E-state index in [0.717, 1.165) is 16.8 Å². The average molecular weight is 379 g/mol. The van der Waals surface area contributed by atoms with E-state index < -0.39 is 0 Å². The van der Waals surface area contributed by atoms with Gasteiger partial charge in [-0.1, -0.05) is 29.8 Å². The van der Waals surface area contributed by atoms with Crippen molar-refractivity contribution in [3.05, 3.63) is 59.7 Å². The predicted molar refractivity (Wildman–Crippen MR) is 109 cm³/mol. The van der Waals surface area contributed by atoms with Gasteiger partial charge in [-0.05, 0) is 43.7 Å². The fraction of sp³-hybridized carbons (Fsp3) is 0.318. The molecule has 0 aromatic heterocycles. The summed E-state index contributed by atoms with van der Waals surface area (Å²) in [5.41, 5.74) is 3.52. The second-order valence-corrected chi connectivity index (χ2v) is 7.28. The molecule has 6 heteroatoms. The van der Waals surface area contributed by atoms with Gasteiger partial charge in [0.05, 0.1) is 12.0 Å². The van der Waals surface area contributed by atoms with E-state index in [4.69, 9.17) is 0 Å². The van der Waals surface area contributed by atoms with Gasteiger partial charge in [0.2, 0.25) is 17.7 Å². The number of benzene rings is 2. The Hall–Kier alpha value is -3.15. The molecule has 1 heterocycles. The molecule has 6 nitrogen and oxygen atoms in total. The second kappa shape index (κ2) is 8.25. The highest BCUT2D eigenvalue weighted by Gasteiger charge is 2.35. The van der Waals surface area contributed by atoms with Crippen LogP contribution in [0.25, 0.3) is 0 Å². The van der Waals surface area contributed by atoms with Crippen molar-refractivity contribution in [2.24, 2.45) is 5.92 Å². The number of carbonyl (C=O) groups is 3. The highest BCUT2D eigenvalue weighted by atomic mass is 16.2. The predicted octanol–water partition coefficient (Wildman–Crippen LogP) is 3.18. The van der Waals surface area contributed by atoms with Crippen LogP contribution in [0.15, 0.2) is 48.5 Å². The molecule has 2 atom stereocenters. The zero-order valence-electron chi connectivity index (χ0n) is 16.4. The maximum Gasteiger partial charge on any atom is 0.227 e. The van der Waals surface area contributed by atoms with Gasteiger partial charge in [0.25, 0.3) is 0 Å². The lowest BCUT2D eigenvalue weighted by Crippen LogP contribution is -2.34. The summed E-state index contributed by atoms with van der Waals surface area (Å²) in [6, 6.07) is 14.9. The Morgan fingerprint density at radius 3 is 2.54 bits per heavy atom. The third-order valence-corrected chi connectivity index (χ3v) is 4.91. The summed E-state index contributed by atoms with van der Waals surface area (Å²) in [6.45, 7) is 5.72. The molecular weight excluding hydrogens is 354 g/mol. The number of rotatable bonds is 5. The fourth-order valence-electron chi connectivity index (χ4n) is 3.36. The molecular formula is C22H25N3O3. The molecule has 2 unspecified atom stereocenters. The Bertz CT molecular complexity index is 892. The van der Waals surface area contributed by atoms with E-state index in [1.165, 1.54) is 6.92 Å². The Morgan fingerprint density at radius 1 is 1.14 bits per heavy atom. The maximum atomic E-state index is 12.7. The zero-order valence-corrected chi connectivity index (χ0v) is 16.4. The summed E-state index contributed by atoms with van der Waals surface area (Å²) >= 11 is 0. The lowest BCUT2D eigenvalue weighted by Gasteiger charge is -2.19. The van der Waals surface area contributed by atoms with Crippen LogP contribution in [0.1, 0.15) is 37.4 Å². The second-order valence-electron chi connectivity index (χ2n) is 7.28. The minimum Gasteiger partial charge on any atom is -0.349 e. The largest absolute Gasteiger partial charge is 0.349 e. The lowest BCUT2D eigenvalue weighted by atomic mass is 10.0. The Kier molecular flexibility index (Phi) is 5.78. The molecule has 3 amide bonds. The highest BCUT2D eigenvalue weighted by Crippen LogP contribution is 2.26. The zero-order chi connectivity index (χ0) is 20.3. The van der Waals surface area contributed by atoms with E-state index in [9.17, 15) is 14.4 Å². The van der Waals surface area contributed by atoms with Gasteiger partial charge in [0.15, 0.2) is 0 Å². The molecule has 3 rings (SSSR count). The first-order valence-electron chi connectivity index (χ1n) is 9.38. The lowest BCUT2D eigenvalue weighted by molar-refractivity contribution is -0.126. The van der Waals surface area contributed by atoms with Gasteiger partial charge < -0.3 is 15.5 Å². The molecule has 1 saturated heterocycles. The molecule has 2 N–H and O–H groups in total. The quantitative estimate of drug-likeness (QED) is 0.837. The molecule has 1 aliphatic heterocycles. The number of amides is 3. The Morgan fingerprint density at radius 2 is 1.86 bits per heavy atom. The van der Waals surface area contributed by atoms with Gasteiger partial charge in [-0.25, -0.2) is 0 Å². The maximum absolute atomic E-state index is 12.7. The van der Waals surface area contributed by atoms with E-state index in [0.29, 0.717) is 12.2 Å². The van der Waals surface area contributed by atoms with Crippen LogP contribution in [-0.4, -0.2) is 24.3 Å². The van der Waals surface area contributed by atoms with Crippen molar-refractivity contribution in [2.75, 3.05) is 16.8 Å². The van der Waals surface area contributed by atoms with Gasteiger partial charge in [0.1, 0.15) is 0 Å². The molecule has 0 spiro atoms. The smallest absolute Gasteiger partial charge is 0.227 e. The molecule has 0 bridgehead atoms. The van der Waals surface area contributed by atoms with Crippen LogP contribution in [0.3, 0.4) is 0 Å². The summed E-state index contributed by atoms with van der Waals surface area (Å²) in [5.74, 6) is -0.700. The SMILES string of the molecule is CC(=O)Nc1cccc(C(C)NC(=O)C2CC(=O)N(c3ccc(C)cc3)C2)c1. The van der Waals surface area contributed by atoms with Crippen LogP contribution in [0.4, 0.5) is 11.4 Å². The first kappa shape index (κ1) is 19.6. The van der Waals surface area contributed by atoms with Crippen molar-refractivity contribution in [1.82, 2.24) is 5.32 Å². The van der Waals surface area contributed by atoms with Gasteiger partial charge in [0, 0.05) is 31.3 Å². The molecule has 1 aliphatic rings. The summed E-state index contributed by atoms with van der Waals surface area (Å²) < 4.78 is 0. The number of carbonyl (C=O) groups excluding carboxylic acids is 3. The van der Waals surface area contributed by atoms with Crippen molar-refractivity contribution in [2.45, 2.75) is 33.2 Å². The number of hydrogen-bond acceptors (Lipinski definition) is 3. The van der Waals surface area contributed by atoms with Crippen molar-refractivity contribution >= 4 is 29.1 Å². The number of anilines is 2. The topological polar surface area (TPSA) is 78.5 Å². The number of aryl methyl sites for hydroxylation is 1. The number of nitrogens with zero attached hydrogens (tertiary/aromatic N) is 1. The summed E-state index contributed by atoms with van der Waals surface area (Å²) in [7, 11) is 0. The van der Waals surface area contributed by atoms with E-state index >= 15 is 0 Å². The van der Waals surface area contributed by atoms with E-state index in [1.54, 1.807) is 11.0 Å². The molecule has 2 aromatic rings. The van der Waals surface area contributed by atoms with Crippen molar-refractivity contribution in [3.8, 4) is 0 Å². The van der Waals surface area contributed by atoms with Crippen molar-refractivity contribution in [1.29, 1.82) is 0 Å². The van der Waals surface area contributed by atoms with Gasteiger partial charge in [-0.15, -0.1) is 0 Å². The normalized spacial score (nSPS) is 17.3. The van der Waals surface area contributed by atoms with E-state index in [1.807, 2.05) is 56.3 Å². The number of nitrogens with one attached hydrogen (secondary N) is 2. The summed E-state index contributed by atoms with van der Waals surface area (Å²) in [4.78, 5) is 38.0. The van der Waals surface area contributed by atoms with Crippen LogP contribution in [0.5, 0.6) is 0 Å². The van der Waals surface area contributed by atoms with Crippen LogP contribution in [0.2, 0.25) is 0 Å². The summed E-state index contributed by atoms with van der Waals surface area (Å²) in [5, 5.41) is 5.73. The van der Waals surface area contributed by atoms with Gasteiger partial charge >= 0.3 is 0 Å². The standard InChI is InChI=1S/C22H25N3O3/c1-14-7-9-20(10-8-14)25-13-18(12-21(25)27)22(28)23-15(2)17-5-4-6-19(11-17)24-16(3)26/h4-11,15,18H,12-13H2,1-3H3,(H,23,28)(H,24,26). The molecule has 2 aromatic carbocycles. The van der Waals surface area contributed by atoms with Gasteiger partial charge in [-0.3, -0.25) is 14.4 Å². The minimum atomic E-state index is -0.380. The molecule has 146 valence electrons. The first-order valence-corrected chi connectivity index (χ1v) is 9.38. The fourth-order valence-corrected chi connectivity index (χ4v) is 3.36. The summed E-state index contributed by atoms with van der Waals surface area (Å²) in [6.07, 6.45) is 0.207. The molecule has 1 fully saturated rings. The molecule has 0 aliphatic carbocycles. The third kappa shape index (κ3) is 4.57. The van der Waals surface area contributed by atoms with E-state index in [2.05, 4.69) is 10.6 Å². The highest BCUT2D eigenvalue weighted by molar-refractivity contribution is 6.00. The van der Waals surface area contributed by atoms with Crippen LogP contribution >= 0.6 is 0 Å². The van der Waals surface area contributed by atoms with Crippen LogP contribution in [-0.2, 0) is 14.4 Å². The Balaban J connectivity index is 1.64. The Labute approximate surface area is 164 Å². The monoisotopic (exact) mass is 379 g/mol. The van der Waals surface area contributed by atoms with Crippen LogP contribution in [0, 0.1) is 12.8 Å². The van der Waals surface area contributed by atoms with Gasteiger partial charge in [-0.2, -0.15) is 0 Å². The average Bonchev–Trinajstić information content (AvgIpc) is 3.04. The van der Waals surface area contributed by atoms with Crippen LogP contribution < -0.4 is 15.5 Å². The number of hydrogen-bond donors (Lipinski definition) is 2. The van der Waals surface area contributed by atoms with Crippen molar-refractivity contribution in [3.63, 3.8) is 0 Å². The third-order valence-electron chi connectivity index (χ3n) is 4.91. The minimum absolute atomic E-state index is 0.0377. The van der Waals surface area contributed by atoms with Crippen molar-refractivity contribution < 1.29 is 14.4 Å².